The molecule has 2 aromatic rings. The summed E-state index contributed by atoms with van der Waals surface area (Å²) < 4.78 is 13.9. The van der Waals surface area contributed by atoms with Crippen LogP contribution in [0, 0.1) is 11.7 Å². The van der Waals surface area contributed by atoms with Crippen LogP contribution in [0.3, 0.4) is 0 Å². The summed E-state index contributed by atoms with van der Waals surface area (Å²) in [6.45, 7) is 1.92. The number of piperidine rings is 1. The van der Waals surface area contributed by atoms with E-state index in [1.54, 1.807) is 24.3 Å². The van der Waals surface area contributed by atoms with Gasteiger partial charge in [0.2, 0.25) is 5.91 Å². The Hall–Kier alpha value is -1.62. The number of benzene rings is 2. The first-order valence-corrected chi connectivity index (χ1v) is 9.01. The Kier molecular flexibility index (Phi) is 5.94. The summed E-state index contributed by atoms with van der Waals surface area (Å²) in [4.78, 5) is 14.6. The van der Waals surface area contributed by atoms with Gasteiger partial charge in [-0.2, -0.15) is 0 Å². The highest BCUT2D eigenvalue weighted by molar-refractivity contribution is 6.33. The number of carbonyl (C=O) groups excluding carboxylic acids is 1. The lowest BCUT2D eigenvalue weighted by molar-refractivity contribution is -0.121. The first kappa shape index (κ1) is 18.2. The van der Waals surface area contributed by atoms with Gasteiger partial charge in [0.1, 0.15) is 5.82 Å². The Labute approximate surface area is 156 Å². The smallest absolute Gasteiger partial charge is 0.227 e. The van der Waals surface area contributed by atoms with E-state index >= 15 is 0 Å². The van der Waals surface area contributed by atoms with E-state index in [9.17, 15) is 9.18 Å². The summed E-state index contributed by atoms with van der Waals surface area (Å²) in [6.07, 6.45) is 1.45. The first-order valence-electron chi connectivity index (χ1n) is 8.25. The summed E-state index contributed by atoms with van der Waals surface area (Å²) >= 11 is 12.2. The average Bonchev–Trinajstić information content (AvgIpc) is 2.61. The lowest BCUT2D eigenvalue weighted by Gasteiger charge is -2.31. The number of rotatable bonds is 4. The third kappa shape index (κ3) is 4.51. The molecule has 0 saturated carbocycles. The largest absolute Gasteiger partial charge is 0.325 e. The molecule has 0 radical (unpaired) electrons. The molecule has 1 saturated heterocycles. The van der Waals surface area contributed by atoms with Crippen LogP contribution in [0.1, 0.15) is 18.4 Å². The molecule has 1 fully saturated rings. The Morgan fingerprint density at radius 3 is 2.44 bits per heavy atom. The van der Waals surface area contributed by atoms with Gasteiger partial charge in [-0.3, -0.25) is 9.69 Å². The molecule has 1 aliphatic rings. The summed E-state index contributed by atoms with van der Waals surface area (Å²) in [5, 5.41) is 3.87. The molecule has 1 aliphatic heterocycles. The number of amides is 1. The van der Waals surface area contributed by atoms with Gasteiger partial charge >= 0.3 is 0 Å². The van der Waals surface area contributed by atoms with Gasteiger partial charge in [-0.1, -0.05) is 41.4 Å². The standard InChI is InChI=1S/C19H19Cl2FN2O/c20-15-5-3-6-17(22)14(15)12-24-10-8-13(9-11-24)19(25)23-18-7-2-1-4-16(18)21/h1-7,13H,8-12H2,(H,23,25). The fourth-order valence-electron chi connectivity index (χ4n) is 3.06. The number of hydrogen-bond acceptors (Lipinski definition) is 2. The van der Waals surface area contributed by atoms with Crippen molar-refractivity contribution in [3.05, 3.63) is 63.9 Å². The summed E-state index contributed by atoms with van der Waals surface area (Å²) in [6, 6.07) is 11.9. The van der Waals surface area contributed by atoms with Crippen LogP contribution in [-0.4, -0.2) is 23.9 Å². The lowest BCUT2D eigenvalue weighted by Crippen LogP contribution is -2.38. The van der Waals surface area contributed by atoms with Crippen molar-refractivity contribution in [1.82, 2.24) is 4.90 Å². The summed E-state index contributed by atoms with van der Waals surface area (Å²) in [5.74, 6) is -0.369. The van der Waals surface area contributed by atoms with Gasteiger partial charge < -0.3 is 5.32 Å². The van der Waals surface area contributed by atoms with Crippen LogP contribution in [0.2, 0.25) is 10.0 Å². The van der Waals surface area contributed by atoms with Crippen molar-refractivity contribution < 1.29 is 9.18 Å². The van der Waals surface area contributed by atoms with Crippen LogP contribution in [0.5, 0.6) is 0 Å². The van der Waals surface area contributed by atoms with E-state index in [2.05, 4.69) is 10.2 Å². The van der Waals surface area contributed by atoms with Crippen molar-refractivity contribution in [3.8, 4) is 0 Å². The fourth-order valence-corrected chi connectivity index (χ4v) is 3.46. The fraction of sp³-hybridized carbons (Fsp3) is 0.316. The molecule has 0 aliphatic carbocycles. The zero-order valence-electron chi connectivity index (χ0n) is 13.6. The van der Waals surface area contributed by atoms with E-state index in [4.69, 9.17) is 23.2 Å². The Morgan fingerprint density at radius 2 is 1.76 bits per heavy atom. The highest BCUT2D eigenvalue weighted by Crippen LogP contribution is 2.26. The molecule has 2 aromatic carbocycles. The monoisotopic (exact) mass is 380 g/mol. The molecule has 0 atom stereocenters. The Bertz CT molecular complexity index is 741. The number of carbonyl (C=O) groups is 1. The number of likely N-dealkylation sites (tertiary alicyclic amines) is 1. The van der Waals surface area contributed by atoms with Crippen LogP contribution in [0.25, 0.3) is 0 Å². The minimum Gasteiger partial charge on any atom is -0.325 e. The molecule has 1 amide bonds. The van der Waals surface area contributed by atoms with Crippen molar-refractivity contribution in [2.75, 3.05) is 18.4 Å². The van der Waals surface area contributed by atoms with Gasteiger partial charge in [0.25, 0.3) is 0 Å². The zero-order valence-corrected chi connectivity index (χ0v) is 15.2. The molecule has 1 N–H and O–H groups in total. The van der Waals surface area contributed by atoms with E-state index in [0.717, 1.165) is 25.9 Å². The number of para-hydroxylation sites is 1. The first-order chi connectivity index (χ1) is 12.0. The molecule has 1 heterocycles. The van der Waals surface area contributed by atoms with Gasteiger partial charge in [0, 0.05) is 23.0 Å². The van der Waals surface area contributed by atoms with Crippen molar-refractivity contribution in [1.29, 1.82) is 0 Å². The van der Waals surface area contributed by atoms with E-state index in [1.807, 2.05) is 12.1 Å². The average molecular weight is 381 g/mol. The normalized spacial score (nSPS) is 16.0. The second-order valence-corrected chi connectivity index (χ2v) is 7.03. The topological polar surface area (TPSA) is 32.3 Å². The summed E-state index contributed by atoms with van der Waals surface area (Å²) in [7, 11) is 0. The highest BCUT2D eigenvalue weighted by Gasteiger charge is 2.26. The van der Waals surface area contributed by atoms with Crippen molar-refractivity contribution >= 4 is 34.8 Å². The number of hydrogen-bond donors (Lipinski definition) is 1. The predicted molar refractivity (Wildman–Crippen MR) is 99.5 cm³/mol. The predicted octanol–water partition coefficient (Wildman–Crippen LogP) is 4.98. The van der Waals surface area contributed by atoms with Gasteiger partial charge in [-0.25, -0.2) is 4.39 Å². The molecule has 3 nitrogen and oxygen atoms in total. The maximum absolute atomic E-state index is 13.9. The van der Waals surface area contributed by atoms with E-state index < -0.39 is 0 Å². The van der Waals surface area contributed by atoms with Gasteiger partial charge in [0.15, 0.2) is 0 Å². The van der Waals surface area contributed by atoms with Crippen molar-refractivity contribution in [2.45, 2.75) is 19.4 Å². The number of nitrogens with one attached hydrogen (secondary N) is 1. The van der Waals surface area contributed by atoms with Crippen LogP contribution in [0.4, 0.5) is 10.1 Å². The Balaban J connectivity index is 1.55. The third-order valence-electron chi connectivity index (χ3n) is 4.53. The van der Waals surface area contributed by atoms with E-state index in [1.165, 1.54) is 6.07 Å². The van der Waals surface area contributed by atoms with Gasteiger partial charge in [0.05, 0.1) is 10.7 Å². The lowest BCUT2D eigenvalue weighted by atomic mass is 9.95. The van der Waals surface area contributed by atoms with Gasteiger partial charge in [-0.05, 0) is 50.2 Å². The molecular formula is C19H19Cl2FN2O. The molecule has 0 aromatic heterocycles. The van der Waals surface area contributed by atoms with Gasteiger partial charge in [-0.15, -0.1) is 0 Å². The number of nitrogens with zero attached hydrogens (tertiary/aromatic N) is 1. The SMILES string of the molecule is O=C(Nc1ccccc1Cl)C1CCN(Cc2c(F)cccc2Cl)CC1. The minimum absolute atomic E-state index is 0.0170. The van der Waals surface area contributed by atoms with Crippen LogP contribution < -0.4 is 5.32 Å². The van der Waals surface area contributed by atoms with Crippen LogP contribution in [0.15, 0.2) is 42.5 Å². The molecule has 132 valence electrons. The van der Waals surface area contributed by atoms with E-state index in [-0.39, 0.29) is 17.6 Å². The molecule has 0 spiro atoms. The maximum atomic E-state index is 13.9. The molecular weight excluding hydrogens is 362 g/mol. The number of halogens is 3. The van der Waals surface area contributed by atoms with Crippen LogP contribution >= 0.6 is 23.2 Å². The second kappa shape index (κ2) is 8.17. The number of anilines is 1. The third-order valence-corrected chi connectivity index (χ3v) is 5.22. The van der Waals surface area contributed by atoms with E-state index in [0.29, 0.717) is 27.8 Å². The van der Waals surface area contributed by atoms with Crippen molar-refractivity contribution in [3.63, 3.8) is 0 Å². The van der Waals surface area contributed by atoms with Crippen molar-refractivity contribution in [2.24, 2.45) is 5.92 Å². The maximum Gasteiger partial charge on any atom is 0.227 e. The highest BCUT2D eigenvalue weighted by atomic mass is 35.5. The molecule has 6 heteroatoms. The minimum atomic E-state index is -0.286. The second-order valence-electron chi connectivity index (χ2n) is 6.22. The molecule has 0 bridgehead atoms. The summed E-state index contributed by atoms with van der Waals surface area (Å²) in [5.41, 5.74) is 1.15. The molecule has 25 heavy (non-hydrogen) atoms. The molecule has 0 unspecified atom stereocenters. The quantitative estimate of drug-likeness (QED) is 0.810. The molecule has 3 rings (SSSR count). The Morgan fingerprint density at radius 1 is 1.08 bits per heavy atom. The van der Waals surface area contributed by atoms with Crippen LogP contribution in [-0.2, 0) is 11.3 Å². The zero-order chi connectivity index (χ0) is 17.8.